The normalized spacial score (nSPS) is 15.8. The number of ether oxygens (including phenoxy) is 2. The molecule has 2 aromatic heterocycles. The predicted molar refractivity (Wildman–Crippen MR) is 93.4 cm³/mol. The zero-order valence-electron chi connectivity index (χ0n) is 13.5. The molecule has 7 nitrogen and oxygen atoms in total. The van der Waals surface area contributed by atoms with Crippen molar-refractivity contribution >= 4 is 22.9 Å². The van der Waals surface area contributed by atoms with Gasteiger partial charge in [-0.15, -0.1) is 11.3 Å². The second-order valence-corrected chi connectivity index (χ2v) is 6.52. The van der Waals surface area contributed by atoms with Crippen molar-refractivity contribution in [1.29, 1.82) is 0 Å². The van der Waals surface area contributed by atoms with Gasteiger partial charge in [-0.3, -0.25) is 9.48 Å². The lowest BCUT2D eigenvalue weighted by molar-refractivity contribution is 0.0759. The fourth-order valence-electron chi connectivity index (χ4n) is 2.60. The van der Waals surface area contributed by atoms with Crippen molar-refractivity contribution in [3.63, 3.8) is 0 Å². The van der Waals surface area contributed by atoms with E-state index >= 15 is 0 Å². The van der Waals surface area contributed by atoms with E-state index in [2.05, 4.69) is 15.4 Å². The second kappa shape index (κ2) is 6.56. The van der Waals surface area contributed by atoms with E-state index in [0.29, 0.717) is 23.7 Å². The van der Waals surface area contributed by atoms with E-state index in [0.717, 1.165) is 17.2 Å². The number of nitrogens with zero attached hydrogens (tertiary/aromatic N) is 3. The van der Waals surface area contributed by atoms with Gasteiger partial charge in [0, 0.05) is 6.20 Å². The van der Waals surface area contributed by atoms with Crippen LogP contribution in [0.1, 0.15) is 15.4 Å². The first-order valence-corrected chi connectivity index (χ1v) is 8.69. The Morgan fingerprint density at radius 3 is 3.04 bits per heavy atom. The number of fused-ring (bicyclic) bond motifs is 1. The van der Waals surface area contributed by atoms with E-state index in [-0.39, 0.29) is 12.0 Å². The first-order valence-electron chi connectivity index (χ1n) is 7.81. The lowest BCUT2D eigenvalue weighted by Crippen LogP contribution is -2.33. The highest BCUT2D eigenvalue weighted by atomic mass is 32.1. The third kappa shape index (κ3) is 3.34. The van der Waals surface area contributed by atoms with Gasteiger partial charge in [0.1, 0.15) is 11.5 Å². The number of rotatable bonds is 4. The molecule has 128 valence electrons. The summed E-state index contributed by atoms with van der Waals surface area (Å²) in [5.41, 5.74) is 3.02. The molecule has 4 rings (SSSR count). The number of aryl methyl sites for hydroxylation is 1. The van der Waals surface area contributed by atoms with Crippen LogP contribution in [-0.2, 0) is 6.54 Å². The number of hydrogen-bond acceptors (Lipinski definition) is 6. The van der Waals surface area contributed by atoms with Crippen LogP contribution in [0.2, 0.25) is 0 Å². The van der Waals surface area contributed by atoms with Crippen LogP contribution in [0.3, 0.4) is 0 Å². The fourth-order valence-corrected chi connectivity index (χ4v) is 3.29. The molecule has 0 saturated carbocycles. The van der Waals surface area contributed by atoms with Gasteiger partial charge in [-0.05, 0) is 19.1 Å². The van der Waals surface area contributed by atoms with Gasteiger partial charge >= 0.3 is 0 Å². The third-order valence-corrected chi connectivity index (χ3v) is 4.73. The fraction of sp³-hybridized carbons (Fsp3) is 0.235. The Kier molecular flexibility index (Phi) is 4.10. The maximum atomic E-state index is 12.2. The summed E-state index contributed by atoms with van der Waals surface area (Å²) < 4.78 is 13.4. The van der Waals surface area contributed by atoms with Crippen molar-refractivity contribution < 1.29 is 14.3 Å². The van der Waals surface area contributed by atoms with E-state index in [4.69, 9.17) is 9.47 Å². The number of aromatic nitrogens is 3. The highest BCUT2D eigenvalue weighted by Gasteiger charge is 2.21. The maximum absolute atomic E-state index is 12.2. The summed E-state index contributed by atoms with van der Waals surface area (Å²) in [5.74, 6) is 1.32. The van der Waals surface area contributed by atoms with Gasteiger partial charge in [-0.25, -0.2) is 4.98 Å². The average Bonchev–Trinajstić information content (AvgIpc) is 3.23. The minimum Gasteiger partial charge on any atom is -0.486 e. The van der Waals surface area contributed by atoms with Gasteiger partial charge in [0.05, 0.1) is 29.6 Å². The lowest BCUT2D eigenvalue weighted by atomic mass is 10.2. The monoisotopic (exact) mass is 356 g/mol. The first kappa shape index (κ1) is 15.6. The Balaban J connectivity index is 1.39. The van der Waals surface area contributed by atoms with Crippen LogP contribution in [0.4, 0.5) is 5.69 Å². The van der Waals surface area contributed by atoms with Crippen molar-refractivity contribution in [3.05, 3.63) is 52.7 Å². The molecule has 0 unspecified atom stereocenters. The van der Waals surface area contributed by atoms with Gasteiger partial charge in [0.15, 0.2) is 17.6 Å². The molecule has 25 heavy (non-hydrogen) atoms. The Hall–Kier alpha value is -2.87. The van der Waals surface area contributed by atoms with Crippen molar-refractivity contribution in [1.82, 2.24) is 14.8 Å². The minimum atomic E-state index is -0.175. The molecule has 0 bridgehead atoms. The van der Waals surface area contributed by atoms with Crippen molar-refractivity contribution in [3.8, 4) is 11.5 Å². The van der Waals surface area contributed by atoms with Crippen LogP contribution < -0.4 is 14.8 Å². The molecule has 8 heteroatoms. The molecule has 0 aliphatic carbocycles. The summed E-state index contributed by atoms with van der Waals surface area (Å²) in [6, 6.07) is 7.59. The van der Waals surface area contributed by atoms with Crippen LogP contribution >= 0.6 is 11.3 Å². The Morgan fingerprint density at radius 1 is 1.40 bits per heavy atom. The molecule has 1 aliphatic rings. The van der Waals surface area contributed by atoms with Gasteiger partial charge < -0.3 is 14.8 Å². The molecule has 1 atom stereocenters. The number of para-hydroxylation sites is 2. The van der Waals surface area contributed by atoms with Crippen LogP contribution in [0, 0.1) is 6.92 Å². The smallest absolute Gasteiger partial charge is 0.267 e. The standard InChI is InChI=1S/C17H16N4O3S/c1-11-16(25-10-18-11)17(22)20-12-6-19-21(7-12)8-13-9-23-14-4-2-3-5-15(14)24-13/h2-7,10,13H,8-9H2,1H3,(H,20,22)/t13-/m0/s1. The van der Waals surface area contributed by atoms with E-state index in [1.165, 1.54) is 11.3 Å². The van der Waals surface area contributed by atoms with Crippen molar-refractivity contribution in [2.24, 2.45) is 0 Å². The van der Waals surface area contributed by atoms with Gasteiger partial charge in [-0.2, -0.15) is 5.10 Å². The van der Waals surface area contributed by atoms with Gasteiger partial charge in [0.2, 0.25) is 0 Å². The van der Waals surface area contributed by atoms with Crippen LogP contribution in [-0.4, -0.2) is 33.4 Å². The summed E-state index contributed by atoms with van der Waals surface area (Å²) in [4.78, 5) is 16.9. The van der Waals surface area contributed by atoms with Crippen molar-refractivity contribution in [2.75, 3.05) is 11.9 Å². The van der Waals surface area contributed by atoms with Crippen LogP contribution in [0.25, 0.3) is 0 Å². The average molecular weight is 356 g/mol. The van der Waals surface area contributed by atoms with E-state index in [1.54, 1.807) is 22.6 Å². The molecule has 0 saturated heterocycles. The molecule has 0 spiro atoms. The SMILES string of the molecule is Cc1ncsc1C(=O)Nc1cnn(C[C@H]2COc3ccccc3O2)c1. The number of anilines is 1. The summed E-state index contributed by atoms with van der Waals surface area (Å²) in [6.45, 7) is 2.80. The number of benzene rings is 1. The molecular weight excluding hydrogens is 340 g/mol. The van der Waals surface area contributed by atoms with E-state index in [1.807, 2.05) is 31.2 Å². The number of carbonyl (C=O) groups excluding carboxylic acids is 1. The number of carbonyl (C=O) groups is 1. The number of amides is 1. The summed E-state index contributed by atoms with van der Waals surface area (Å²) in [5, 5.41) is 7.11. The summed E-state index contributed by atoms with van der Waals surface area (Å²) in [7, 11) is 0. The highest BCUT2D eigenvalue weighted by molar-refractivity contribution is 7.12. The molecule has 0 radical (unpaired) electrons. The molecule has 1 aromatic carbocycles. The predicted octanol–water partition coefficient (Wildman–Crippen LogP) is 2.74. The third-order valence-electron chi connectivity index (χ3n) is 3.80. The zero-order chi connectivity index (χ0) is 17.2. The quantitative estimate of drug-likeness (QED) is 0.778. The molecular formula is C17H16N4O3S. The molecule has 3 heterocycles. The maximum Gasteiger partial charge on any atom is 0.267 e. The molecule has 3 aromatic rings. The minimum absolute atomic E-state index is 0.137. The van der Waals surface area contributed by atoms with Gasteiger partial charge in [-0.1, -0.05) is 12.1 Å². The topological polar surface area (TPSA) is 78.3 Å². The largest absolute Gasteiger partial charge is 0.486 e. The molecule has 0 fully saturated rings. The summed E-state index contributed by atoms with van der Waals surface area (Å²) >= 11 is 1.32. The Labute approximate surface area is 148 Å². The lowest BCUT2D eigenvalue weighted by Gasteiger charge is -2.26. The Morgan fingerprint density at radius 2 is 2.24 bits per heavy atom. The van der Waals surface area contributed by atoms with E-state index < -0.39 is 0 Å². The van der Waals surface area contributed by atoms with Crippen LogP contribution in [0.15, 0.2) is 42.2 Å². The Bertz CT molecular complexity index is 905. The zero-order valence-corrected chi connectivity index (χ0v) is 14.3. The molecule has 1 amide bonds. The van der Waals surface area contributed by atoms with Crippen molar-refractivity contribution in [2.45, 2.75) is 19.6 Å². The molecule has 1 aliphatic heterocycles. The number of thiazole rings is 1. The number of nitrogens with one attached hydrogen (secondary N) is 1. The van der Waals surface area contributed by atoms with Crippen LogP contribution in [0.5, 0.6) is 11.5 Å². The summed E-state index contributed by atoms with van der Waals surface area (Å²) in [6.07, 6.45) is 3.26. The molecule has 1 N–H and O–H groups in total. The highest BCUT2D eigenvalue weighted by Crippen LogP contribution is 2.31. The number of hydrogen-bond donors (Lipinski definition) is 1. The van der Waals surface area contributed by atoms with Gasteiger partial charge in [0.25, 0.3) is 5.91 Å². The second-order valence-electron chi connectivity index (χ2n) is 5.67. The first-order chi connectivity index (χ1) is 12.2. The van der Waals surface area contributed by atoms with E-state index in [9.17, 15) is 4.79 Å².